The van der Waals surface area contributed by atoms with E-state index in [4.69, 9.17) is 5.11 Å². The van der Waals surface area contributed by atoms with Gasteiger partial charge in [0.1, 0.15) is 4.88 Å². The van der Waals surface area contributed by atoms with Gasteiger partial charge < -0.3 is 9.67 Å². The highest BCUT2D eigenvalue weighted by Crippen LogP contribution is 2.23. The van der Waals surface area contributed by atoms with Crippen molar-refractivity contribution < 1.29 is 9.90 Å². The molecule has 0 radical (unpaired) electrons. The van der Waals surface area contributed by atoms with Crippen molar-refractivity contribution in [2.45, 2.75) is 13.3 Å². The summed E-state index contributed by atoms with van der Waals surface area (Å²) in [6.07, 6.45) is 2.79. The van der Waals surface area contributed by atoms with Crippen molar-refractivity contribution in [1.29, 1.82) is 0 Å². The minimum absolute atomic E-state index is 0.390. The molecule has 2 aromatic rings. The highest BCUT2D eigenvalue weighted by molar-refractivity contribution is 7.12. The van der Waals surface area contributed by atoms with Crippen molar-refractivity contribution in [2.24, 2.45) is 0 Å². The summed E-state index contributed by atoms with van der Waals surface area (Å²) in [5.41, 5.74) is 1.88. The zero-order valence-corrected chi connectivity index (χ0v) is 9.12. The van der Waals surface area contributed by atoms with Crippen LogP contribution in [-0.2, 0) is 6.42 Å². The van der Waals surface area contributed by atoms with Crippen molar-refractivity contribution in [3.63, 3.8) is 0 Å². The van der Waals surface area contributed by atoms with Crippen LogP contribution in [0.5, 0.6) is 0 Å². The molecule has 0 fully saturated rings. The molecule has 3 nitrogen and oxygen atoms in total. The first-order chi connectivity index (χ1) is 7.24. The number of rotatable bonds is 3. The molecule has 0 aliphatic heterocycles. The van der Waals surface area contributed by atoms with Crippen molar-refractivity contribution in [1.82, 2.24) is 4.57 Å². The highest BCUT2D eigenvalue weighted by Gasteiger charge is 2.14. The van der Waals surface area contributed by atoms with Gasteiger partial charge in [-0.15, -0.1) is 11.3 Å². The molecule has 1 N–H and O–H groups in total. The molecule has 78 valence electrons. The fourth-order valence-electron chi connectivity index (χ4n) is 1.59. The number of carboxylic acid groups (broad SMARTS) is 1. The Morgan fingerprint density at radius 1 is 1.53 bits per heavy atom. The number of thiophene rings is 1. The van der Waals surface area contributed by atoms with E-state index in [-0.39, 0.29) is 0 Å². The van der Waals surface area contributed by atoms with Gasteiger partial charge in [0.15, 0.2) is 0 Å². The summed E-state index contributed by atoms with van der Waals surface area (Å²) in [7, 11) is 0. The van der Waals surface area contributed by atoms with Gasteiger partial charge >= 0.3 is 5.97 Å². The van der Waals surface area contributed by atoms with E-state index in [0.717, 1.165) is 17.8 Å². The molecule has 15 heavy (non-hydrogen) atoms. The molecule has 2 heterocycles. The summed E-state index contributed by atoms with van der Waals surface area (Å²) in [6, 6.07) is 5.78. The quantitative estimate of drug-likeness (QED) is 0.866. The molecule has 0 saturated heterocycles. The third-order valence-corrected chi connectivity index (χ3v) is 3.19. The van der Waals surface area contributed by atoms with Gasteiger partial charge in [0.05, 0.1) is 5.69 Å². The lowest BCUT2D eigenvalue weighted by atomic mass is 10.3. The fourth-order valence-corrected chi connectivity index (χ4v) is 2.31. The molecule has 0 aromatic carbocycles. The minimum Gasteiger partial charge on any atom is -0.477 e. The first-order valence-corrected chi connectivity index (χ1v) is 5.59. The van der Waals surface area contributed by atoms with Gasteiger partial charge in [0, 0.05) is 11.9 Å². The van der Waals surface area contributed by atoms with Crippen LogP contribution in [0.4, 0.5) is 0 Å². The Labute approximate surface area is 91.6 Å². The highest BCUT2D eigenvalue weighted by atomic mass is 32.1. The molecule has 4 heteroatoms. The molecule has 0 aliphatic rings. The van der Waals surface area contributed by atoms with Crippen LogP contribution in [0.1, 0.15) is 22.3 Å². The Balaban J connectivity index is 2.54. The SMILES string of the molecule is CCc1cccn1-c1ccsc1C(=O)O. The number of nitrogens with zero attached hydrogens (tertiary/aromatic N) is 1. The van der Waals surface area contributed by atoms with E-state index in [9.17, 15) is 4.79 Å². The van der Waals surface area contributed by atoms with Gasteiger partial charge in [-0.25, -0.2) is 4.79 Å². The molecular weight excluding hydrogens is 210 g/mol. The predicted molar refractivity (Wildman–Crippen MR) is 60.0 cm³/mol. The van der Waals surface area contributed by atoms with Crippen LogP contribution in [0.15, 0.2) is 29.8 Å². The molecule has 2 aromatic heterocycles. The molecule has 0 unspecified atom stereocenters. The van der Waals surface area contributed by atoms with Crippen LogP contribution in [0.25, 0.3) is 5.69 Å². The van der Waals surface area contributed by atoms with Crippen LogP contribution in [0.2, 0.25) is 0 Å². The maximum absolute atomic E-state index is 11.0. The zero-order valence-electron chi connectivity index (χ0n) is 8.30. The maximum atomic E-state index is 11.0. The molecule has 0 amide bonds. The van der Waals surface area contributed by atoms with Gasteiger partial charge in [-0.05, 0) is 30.0 Å². The van der Waals surface area contributed by atoms with Crippen molar-refractivity contribution in [2.75, 3.05) is 0 Å². The first-order valence-electron chi connectivity index (χ1n) is 4.71. The molecule has 0 saturated carbocycles. The number of carboxylic acids is 1. The molecule has 0 atom stereocenters. The maximum Gasteiger partial charge on any atom is 0.348 e. The second-order valence-corrected chi connectivity index (χ2v) is 4.08. The Morgan fingerprint density at radius 3 is 3.00 bits per heavy atom. The molecule has 2 rings (SSSR count). The van der Waals surface area contributed by atoms with E-state index < -0.39 is 5.97 Å². The topological polar surface area (TPSA) is 42.2 Å². The first kappa shape index (κ1) is 9.98. The van der Waals surface area contributed by atoms with E-state index in [1.54, 1.807) is 5.38 Å². The molecular formula is C11H11NO2S. The number of carbonyl (C=O) groups is 1. The van der Waals surface area contributed by atoms with E-state index in [2.05, 4.69) is 6.92 Å². The van der Waals surface area contributed by atoms with Crippen LogP contribution in [0, 0.1) is 0 Å². The Morgan fingerprint density at radius 2 is 2.33 bits per heavy atom. The Kier molecular flexibility index (Phi) is 2.60. The van der Waals surface area contributed by atoms with Gasteiger partial charge in [-0.2, -0.15) is 0 Å². The summed E-state index contributed by atoms with van der Waals surface area (Å²) in [5, 5.41) is 10.8. The predicted octanol–water partition coefficient (Wildman–Crippen LogP) is 2.80. The van der Waals surface area contributed by atoms with Crippen LogP contribution in [0.3, 0.4) is 0 Å². The molecule has 0 aliphatic carbocycles. The van der Waals surface area contributed by atoms with Crippen molar-refractivity contribution in [3.8, 4) is 5.69 Å². The Bertz CT molecular complexity index is 484. The number of hydrogen-bond acceptors (Lipinski definition) is 2. The normalized spacial score (nSPS) is 10.5. The van der Waals surface area contributed by atoms with Crippen LogP contribution >= 0.6 is 11.3 Å². The lowest BCUT2D eigenvalue weighted by Crippen LogP contribution is -2.02. The minimum atomic E-state index is -0.865. The van der Waals surface area contributed by atoms with Crippen molar-refractivity contribution in [3.05, 3.63) is 40.3 Å². The van der Waals surface area contributed by atoms with E-state index in [1.807, 2.05) is 29.0 Å². The van der Waals surface area contributed by atoms with E-state index in [0.29, 0.717) is 4.88 Å². The Hall–Kier alpha value is -1.55. The number of aryl methyl sites for hydroxylation is 1. The zero-order chi connectivity index (χ0) is 10.8. The standard InChI is InChI=1S/C11H11NO2S/c1-2-8-4-3-6-12(8)9-5-7-15-10(9)11(13)14/h3-7H,2H2,1H3,(H,13,14). The lowest BCUT2D eigenvalue weighted by Gasteiger charge is -2.06. The summed E-state index contributed by atoms with van der Waals surface area (Å²) in [5.74, 6) is -0.865. The van der Waals surface area contributed by atoms with E-state index >= 15 is 0 Å². The van der Waals surface area contributed by atoms with Gasteiger partial charge in [0.25, 0.3) is 0 Å². The third kappa shape index (κ3) is 1.68. The van der Waals surface area contributed by atoms with Crippen LogP contribution < -0.4 is 0 Å². The second-order valence-electron chi connectivity index (χ2n) is 3.16. The molecule has 0 bridgehead atoms. The second kappa shape index (κ2) is 3.90. The average molecular weight is 221 g/mol. The number of aromatic nitrogens is 1. The molecule has 0 spiro atoms. The monoisotopic (exact) mass is 221 g/mol. The number of aromatic carboxylic acids is 1. The summed E-state index contributed by atoms with van der Waals surface area (Å²) in [6.45, 7) is 2.05. The van der Waals surface area contributed by atoms with E-state index in [1.165, 1.54) is 11.3 Å². The van der Waals surface area contributed by atoms with Gasteiger partial charge in [-0.3, -0.25) is 0 Å². The smallest absolute Gasteiger partial charge is 0.348 e. The van der Waals surface area contributed by atoms with Crippen molar-refractivity contribution >= 4 is 17.3 Å². The number of hydrogen-bond donors (Lipinski definition) is 1. The largest absolute Gasteiger partial charge is 0.477 e. The summed E-state index contributed by atoms with van der Waals surface area (Å²) >= 11 is 1.25. The summed E-state index contributed by atoms with van der Waals surface area (Å²) < 4.78 is 1.93. The van der Waals surface area contributed by atoms with Gasteiger partial charge in [-0.1, -0.05) is 6.92 Å². The fraction of sp³-hybridized carbons (Fsp3) is 0.182. The average Bonchev–Trinajstić information content (AvgIpc) is 2.85. The van der Waals surface area contributed by atoms with Gasteiger partial charge in [0.2, 0.25) is 0 Å². The lowest BCUT2D eigenvalue weighted by molar-refractivity contribution is 0.0702. The summed E-state index contributed by atoms with van der Waals surface area (Å²) in [4.78, 5) is 11.4. The third-order valence-electron chi connectivity index (χ3n) is 2.29. The van der Waals surface area contributed by atoms with Crippen LogP contribution in [-0.4, -0.2) is 15.6 Å².